The predicted octanol–water partition coefficient (Wildman–Crippen LogP) is 7.37. The molecule has 0 radical (unpaired) electrons. The van der Waals surface area contributed by atoms with Gasteiger partial charge < -0.3 is 4.90 Å². The zero-order valence-corrected chi connectivity index (χ0v) is 21.7. The molecule has 0 unspecified atom stereocenters. The first kappa shape index (κ1) is 23.7. The number of hydrogen-bond acceptors (Lipinski definition) is 5. The SMILES string of the molecule is CCN1C(c2ccccc2)=C(c2ccccc2)S/C1=C/C=C1\SC(=S)N(Cc2ccccc2)C1=O. The molecule has 0 N–H and O–H groups in total. The first-order chi connectivity index (χ1) is 17.2. The molecule has 2 aliphatic heterocycles. The molecule has 0 bridgehead atoms. The second kappa shape index (κ2) is 10.7. The molecule has 0 spiro atoms. The average molecular weight is 513 g/mol. The van der Waals surface area contributed by atoms with Gasteiger partial charge in [0.05, 0.1) is 22.2 Å². The number of thiocarbonyl (C=S) groups is 1. The second-order valence-electron chi connectivity index (χ2n) is 8.04. The largest absolute Gasteiger partial charge is 0.335 e. The molecule has 0 atom stereocenters. The molecule has 1 saturated heterocycles. The van der Waals surface area contributed by atoms with Crippen LogP contribution in [0.1, 0.15) is 23.6 Å². The van der Waals surface area contributed by atoms with Crippen molar-refractivity contribution in [1.29, 1.82) is 0 Å². The van der Waals surface area contributed by atoms with E-state index in [4.69, 9.17) is 12.2 Å². The summed E-state index contributed by atoms with van der Waals surface area (Å²) in [5.41, 5.74) is 4.63. The van der Waals surface area contributed by atoms with Crippen molar-refractivity contribution in [2.24, 2.45) is 0 Å². The fourth-order valence-electron chi connectivity index (χ4n) is 4.11. The summed E-state index contributed by atoms with van der Waals surface area (Å²) < 4.78 is 0.600. The van der Waals surface area contributed by atoms with Crippen LogP contribution in [0.3, 0.4) is 0 Å². The molecule has 35 heavy (non-hydrogen) atoms. The lowest BCUT2D eigenvalue weighted by Crippen LogP contribution is -2.27. The van der Waals surface area contributed by atoms with Gasteiger partial charge in [-0.2, -0.15) is 0 Å². The minimum atomic E-state index is -0.0359. The van der Waals surface area contributed by atoms with Crippen LogP contribution >= 0.6 is 35.7 Å². The average Bonchev–Trinajstić information content (AvgIpc) is 3.41. The zero-order chi connectivity index (χ0) is 24.2. The third-order valence-corrected chi connectivity index (χ3v) is 8.39. The van der Waals surface area contributed by atoms with Gasteiger partial charge in [0.15, 0.2) is 0 Å². The predicted molar refractivity (Wildman–Crippen MR) is 153 cm³/mol. The lowest BCUT2D eigenvalue weighted by Gasteiger charge is -2.21. The van der Waals surface area contributed by atoms with Crippen LogP contribution in [0.15, 0.2) is 113 Å². The van der Waals surface area contributed by atoms with Gasteiger partial charge in [0.25, 0.3) is 5.91 Å². The van der Waals surface area contributed by atoms with E-state index < -0.39 is 0 Å². The van der Waals surface area contributed by atoms with Crippen LogP contribution in [0.4, 0.5) is 0 Å². The number of carbonyl (C=O) groups is 1. The van der Waals surface area contributed by atoms with E-state index in [9.17, 15) is 4.79 Å². The highest BCUT2D eigenvalue weighted by Gasteiger charge is 2.33. The van der Waals surface area contributed by atoms with Crippen molar-refractivity contribution in [3.63, 3.8) is 0 Å². The molecule has 3 aromatic carbocycles. The number of thioether (sulfide) groups is 2. The van der Waals surface area contributed by atoms with Gasteiger partial charge in [0.1, 0.15) is 4.32 Å². The smallest absolute Gasteiger partial charge is 0.266 e. The van der Waals surface area contributed by atoms with Crippen LogP contribution in [0.5, 0.6) is 0 Å². The van der Waals surface area contributed by atoms with E-state index in [0.717, 1.165) is 17.1 Å². The number of nitrogens with zero attached hydrogens (tertiary/aromatic N) is 2. The highest BCUT2D eigenvalue weighted by molar-refractivity contribution is 8.26. The Kier molecular flexibility index (Phi) is 7.23. The van der Waals surface area contributed by atoms with Crippen LogP contribution in [0.2, 0.25) is 0 Å². The molecular formula is C29H24N2OS3. The zero-order valence-electron chi connectivity index (χ0n) is 19.3. The molecular weight excluding hydrogens is 489 g/mol. The van der Waals surface area contributed by atoms with Crippen molar-refractivity contribution >= 4 is 56.6 Å². The summed E-state index contributed by atoms with van der Waals surface area (Å²) in [6.45, 7) is 3.47. The standard InChI is InChI=1S/C29H24N2OS3/c1-2-30-25(19-18-24-28(32)31(29(33)34-24)20-21-12-6-3-7-13-21)35-27(23-16-10-5-11-17-23)26(30)22-14-8-4-9-15-22/h3-19H,2,20H2,1H3/b24-18-,25-19+. The molecule has 0 aromatic heterocycles. The molecule has 1 fully saturated rings. The van der Waals surface area contributed by atoms with Crippen LogP contribution in [0, 0.1) is 0 Å². The molecule has 1 amide bonds. The second-order valence-corrected chi connectivity index (χ2v) is 10.7. The Morgan fingerprint density at radius 2 is 1.37 bits per heavy atom. The number of allylic oxidation sites excluding steroid dienone is 2. The number of amides is 1. The highest BCUT2D eigenvalue weighted by Crippen LogP contribution is 2.50. The molecule has 2 aliphatic rings. The summed E-state index contributed by atoms with van der Waals surface area (Å²) in [5.74, 6) is -0.0359. The summed E-state index contributed by atoms with van der Waals surface area (Å²) in [6, 6.07) is 30.9. The number of benzene rings is 3. The van der Waals surface area contributed by atoms with Gasteiger partial charge in [-0.05, 0) is 35.8 Å². The van der Waals surface area contributed by atoms with E-state index in [-0.39, 0.29) is 5.91 Å². The fraction of sp³-hybridized carbons (Fsp3) is 0.103. The van der Waals surface area contributed by atoms with Gasteiger partial charge in [0.2, 0.25) is 0 Å². The lowest BCUT2D eigenvalue weighted by atomic mass is 10.1. The summed E-state index contributed by atoms with van der Waals surface area (Å²) in [6.07, 6.45) is 3.98. The van der Waals surface area contributed by atoms with E-state index in [2.05, 4.69) is 66.4 Å². The molecule has 2 heterocycles. The number of hydrogen-bond donors (Lipinski definition) is 0. The Bertz CT molecular complexity index is 1330. The van der Waals surface area contributed by atoms with E-state index in [1.165, 1.54) is 33.5 Å². The van der Waals surface area contributed by atoms with Crippen LogP contribution in [0.25, 0.3) is 10.6 Å². The van der Waals surface area contributed by atoms with Crippen LogP contribution < -0.4 is 0 Å². The van der Waals surface area contributed by atoms with E-state index in [1.54, 1.807) is 16.7 Å². The van der Waals surface area contributed by atoms with Crippen molar-refractivity contribution in [2.45, 2.75) is 13.5 Å². The van der Waals surface area contributed by atoms with E-state index in [0.29, 0.717) is 15.8 Å². The molecule has 0 aliphatic carbocycles. The molecule has 6 heteroatoms. The molecule has 5 rings (SSSR count). The first-order valence-corrected chi connectivity index (χ1v) is 13.5. The Labute approximate surface area is 220 Å². The van der Waals surface area contributed by atoms with E-state index in [1.807, 2.05) is 48.5 Å². The molecule has 174 valence electrons. The third-order valence-electron chi connectivity index (χ3n) is 5.79. The van der Waals surface area contributed by atoms with Crippen molar-refractivity contribution in [3.05, 3.63) is 130 Å². The van der Waals surface area contributed by atoms with Gasteiger partial charge >= 0.3 is 0 Å². The molecule has 3 nitrogen and oxygen atoms in total. The maximum Gasteiger partial charge on any atom is 0.266 e. The summed E-state index contributed by atoms with van der Waals surface area (Å²) >= 11 is 8.65. The molecule has 0 saturated carbocycles. The third kappa shape index (κ3) is 5.01. The Morgan fingerprint density at radius 1 is 0.771 bits per heavy atom. The van der Waals surface area contributed by atoms with Crippen LogP contribution in [-0.4, -0.2) is 26.6 Å². The monoisotopic (exact) mass is 512 g/mol. The van der Waals surface area contributed by atoms with Crippen molar-refractivity contribution in [3.8, 4) is 0 Å². The minimum absolute atomic E-state index is 0.0359. The topological polar surface area (TPSA) is 23.6 Å². The van der Waals surface area contributed by atoms with Gasteiger partial charge in [-0.25, -0.2) is 0 Å². The summed E-state index contributed by atoms with van der Waals surface area (Å²) in [7, 11) is 0. The number of carbonyl (C=O) groups excluding carboxylic acids is 1. The summed E-state index contributed by atoms with van der Waals surface area (Å²) in [5, 5.41) is 1.10. The van der Waals surface area contributed by atoms with Gasteiger partial charge in [-0.15, -0.1) is 0 Å². The lowest BCUT2D eigenvalue weighted by molar-refractivity contribution is -0.122. The normalized spacial score (nSPS) is 18.4. The van der Waals surface area contributed by atoms with Gasteiger partial charge in [-0.1, -0.05) is 127 Å². The minimum Gasteiger partial charge on any atom is -0.335 e. The van der Waals surface area contributed by atoms with Gasteiger partial charge in [0, 0.05) is 11.4 Å². The van der Waals surface area contributed by atoms with Crippen LogP contribution in [-0.2, 0) is 11.3 Å². The van der Waals surface area contributed by atoms with Crippen molar-refractivity contribution < 1.29 is 4.79 Å². The highest BCUT2D eigenvalue weighted by atomic mass is 32.2. The number of rotatable bonds is 6. The Balaban J connectivity index is 1.45. The van der Waals surface area contributed by atoms with Crippen molar-refractivity contribution in [2.75, 3.05) is 6.54 Å². The molecule has 3 aromatic rings. The van der Waals surface area contributed by atoms with Gasteiger partial charge in [-0.3, -0.25) is 9.69 Å². The summed E-state index contributed by atoms with van der Waals surface area (Å²) in [4.78, 5) is 19.0. The Hall–Kier alpha value is -3.06. The quantitative estimate of drug-likeness (QED) is 0.254. The first-order valence-electron chi connectivity index (χ1n) is 11.5. The Morgan fingerprint density at radius 3 is 2.00 bits per heavy atom. The van der Waals surface area contributed by atoms with E-state index >= 15 is 0 Å². The maximum atomic E-state index is 13.1. The fourth-order valence-corrected chi connectivity index (χ4v) is 6.56. The van der Waals surface area contributed by atoms with Crippen molar-refractivity contribution in [1.82, 2.24) is 9.80 Å². The maximum absolute atomic E-state index is 13.1.